The molecule has 4 heteroatoms. The Morgan fingerprint density at radius 2 is 2.17 bits per heavy atom. The Labute approximate surface area is 105 Å². The normalized spacial score (nSPS) is 14.3. The van der Waals surface area contributed by atoms with E-state index in [1.807, 2.05) is 30.3 Å². The van der Waals surface area contributed by atoms with Crippen LogP contribution in [0.1, 0.15) is 12.5 Å². The van der Waals surface area contributed by atoms with Crippen LogP contribution in [-0.2, 0) is 11.2 Å². The van der Waals surface area contributed by atoms with Gasteiger partial charge in [0.05, 0.1) is 10.9 Å². The number of carboxylic acid groups (broad SMARTS) is 1. The number of rotatable bonds is 4. The highest BCUT2D eigenvalue weighted by atomic mass is 16.4. The molecule has 0 bridgehead atoms. The summed E-state index contributed by atoms with van der Waals surface area (Å²) in [4.78, 5) is 15.5. The summed E-state index contributed by atoms with van der Waals surface area (Å²) < 4.78 is 0. The van der Waals surface area contributed by atoms with Gasteiger partial charge in [0, 0.05) is 18.1 Å². The Bertz CT molecular complexity index is 583. The minimum Gasteiger partial charge on any atom is -0.481 e. The molecule has 0 spiro atoms. The molecule has 1 unspecified atom stereocenters. The van der Waals surface area contributed by atoms with Crippen molar-refractivity contribution < 1.29 is 9.90 Å². The average molecular weight is 244 g/mol. The largest absolute Gasteiger partial charge is 0.481 e. The first-order valence-corrected chi connectivity index (χ1v) is 5.82. The van der Waals surface area contributed by atoms with Gasteiger partial charge in [-0.15, -0.1) is 0 Å². The van der Waals surface area contributed by atoms with Gasteiger partial charge < -0.3 is 10.8 Å². The molecule has 0 radical (unpaired) electrons. The van der Waals surface area contributed by atoms with E-state index in [9.17, 15) is 9.90 Å². The van der Waals surface area contributed by atoms with Crippen LogP contribution in [0.3, 0.4) is 0 Å². The van der Waals surface area contributed by atoms with Gasteiger partial charge in [-0.3, -0.25) is 9.78 Å². The van der Waals surface area contributed by atoms with Crippen molar-refractivity contribution in [3.63, 3.8) is 0 Å². The predicted molar refractivity (Wildman–Crippen MR) is 70.2 cm³/mol. The molecular formula is C14H16N2O2. The second kappa shape index (κ2) is 4.74. The molecule has 1 aromatic carbocycles. The molecule has 3 N–H and O–H groups in total. The Balaban J connectivity index is 2.34. The lowest BCUT2D eigenvalue weighted by molar-refractivity contribution is -0.147. The van der Waals surface area contributed by atoms with Crippen molar-refractivity contribution in [2.75, 3.05) is 6.54 Å². The van der Waals surface area contributed by atoms with Gasteiger partial charge in [-0.25, -0.2) is 0 Å². The maximum Gasteiger partial charge on any atom is 0.310 e. The smallest absolute Gasteiger partial charge is 0.310 e. The van der Waals surface area contributed by atoms with Crippen LogP contribution in [0.5, 0.6) is 0 Å². The van der Waals surface area contributed by atoms with E-state index in [1.165, 1.54) is 0 Å². The highest BCUT2D eigenvalue weighted by Gasteiger charge is 2.31. The Hall–Kier alpha value is -1.94. The van der Waals surface area contributed by atoms with E-state index < -0.39 is 11.4 Å². The second-order valence-corrected chi connectivity index (χ2v) is 4.78. The van der Waals surface area contributed by atoms with Crippen LogP contribution in [0.2, 0.25) is 0 Å². The van der Waals surface area contributed by atoms with E-state index in [0.717, 1.165) is 16.5 Å². The van der Waals surface area contributed by atoms with Crippen LogP contribution in [-0.4, -0.2) is 22.6 Å². The average Bonchev–Trinajstić information content (AvgIpc) is 2.38. The molecule has 0 saturated heterocycles. The summed E-state index contributed by atoms with van der Waals surface area (Å²) in [7, 11) is 0. The molecule has 94 valence electrons. The summed E-state index contributed by atoms with van der Waals surface area (Å²) in [5, 5.41) is 10.2. The molecule has 1 atom stereocenters. The number of nitrogens with two attached hydrogens (primary N) is 1. The van der Waals surface area contributed by atoms with Gasteiger partial charge >= 0.3 is 5.97 Å². The summed E-state index contributed by atoms with van der Waals surface area (Å²) >= 11 is 0. The molecule has 0 aliphatic heterocycles. The zero-order valence-electron chi connectivity index (χ0n) is 10.3. The molecule has 4 nitrogen and oxygen atoms in total. The Morgan fingerprint density at radius 1 is 1.44 bits per heavy atom. The number of aromatic nitrogens is 1. The predicted octanol–water partition coefficient (Wildman–Crippen LogP) is 1.83. The maximum atomic E-state index is 11.2. The first-order chi connectivity index (χ1) is 8.55. The van der Waals surface area contributed by atoms with Gasteiger partial charge in [-0.1, -0.05) is 18.2 Å². The van der Waals surface area contributed by atoms with Crippen molar-refractivity contribution in [1.29, 1.82) is 0 Å². The number of carboxylic acids is 1. The molecule has 2 rings (SSSR count). The lowest BCUT2D eigenvalue weighted by Gasteiger charge is -2.22. The minimum absolute atomic E-state index is 0.106. The summed E-state index contributed by atoms with van der Waals surface area (Å²) in [6.45, 7) is 1.76. The third kappa shape index (κ3) is 2.33. The van der Waals surface area contributed by atoms with Crippen molar-refractivity contribution in [3.8, 4) is 0 Å². The fourth-order valence-electron chi connectivity index (χ4n) is 1.90. The summed E-state index contributed by atoms with van der Waals surface area (Å²) in [6.07, 6.45) is 2.11. The highest BCUT2D eigenvalue weighted by Crippen LogP contribution is 2.23. The molecule has 2 aromatic rings. The highest BCUT2D eigenvalue weighted by molar-refractivity contribution is 5.79. The summed E-state index contributed by atoms with van der Waals surface area (Å²) in [5.74, 6) is -0.877. The van der Waals surface area contributed by atoms with Crippen molar-refractivity contribution >= 4 is 16.9 Å². The van der Waals surface area contributed by atoms with Crippen LogP contribution >= 0.6 is 0 Å². The van der Waals surface area contributed by atoms with E-state index in [1.54, 1.807) is 13.1 Å². The van der Waals surface area contributed by atoms with Crippen molar-refractivity contribution in [3.05, 3.63) is 42.1 Å². The summed E-state index contributed by atoms with van der Waals surface area (Å²) in [6, 6.07) is 9.73. The standard InChI is InChI=1S/C14H16N2O2/c1-14(9-15,13(17)18)7-10-6-11-4-2-3-5-12(11)16-8-10/h2-6,8H,7,9,15H2,1H3,(H,17,18). The number of carbonyl (C=O) groups is 1. The quantitative estimate of drug-likeness (QED) is 0.860. The van der Waals surface area contributed by atoms with Gasteiger partial charge in [0.2, 0.25) is 0 Å². The van der Waals surface area contributed by atoms with E-state index in [2.05, 4.69) is 4.98 Å². The monoisotopic (exact) mass is 244 g/mol. The summed E-state index contributed by atoms with van der Waals surface area (Å²) in [5.41, 5.74) is 6.43. The van der Waals surface area contributed by atoms with E-state index in [-0.39, 0.29) is 6.54 Å². The number of pyridine rings is 1. The van der Waals surface area contributed by atoms with Gasteiger partial charge in [-0.05, 0) is 31.0 Å². The molecule has 0 aliphatic carbocycles. The lowest BCUT2D eigenvalue weighted by atomic mass is 9.84. The molecule has 1 aromatic heterocycles. The van der Waals surface area contributed by atoms with Gasteiger partial charge in [0.15, 0.2) is 0 Å². The Morgan fingerprint density at radius 3 is 2.83 bits per heavy atom. The van der Waals surface area contributed by atoms with Crippen LogP contribution < -0.4 is 5.73 Å². The number of nitrogens with zero attached hydrogens (tertiary/aromatic N) is 1. The van der Waals surface area contributed by atoms with Crippen LogP contribution in [0.25, 0.3) is 10.9 Å². The number of hydrogen-bond donors (Lipinski definition) is 2. The number of benzene rings is 1. The van der Waals surface area contributed by atoms with Gasteiger partial charge in [-0.2, -0.15) is 0 Å². The molecule has 0 amide bonds. The molecule has 0 fully saturated rings. The minimum atomic E-state index is -0.940. The number of aliphatic carboxylic acids is 1. The fraction of sp³-hybridized carbons (Fsp3) is 0.286. The van der Waals surface area contributed by atoms with Crippen LogP contribution in [0.4, 0.5) is 0 Å². The Kier molecular flexibility index (Phi) is 3.30. The zero-order valence-corrected chi connectivity index (χ0v) is 10.3. The molecule has 18 heavy (non-hydrogen) atoms. The molecule has 1 heterocycles. The molecular weight excluding hydrogens is 228 g/mol. The van der Waals surface area contributed by atoms with Crippen LogP contribution in [0, 0.1) is 5.41 Å². The SMILES string of the molecule is CC(CN)(Cc1cnc2ccccc2c1)C(=O)O. The molecule has 0 saturated carbocycles. The number of para-hydroxylation sites is 1. The maximum absolute atomic E-state index is 11.2. The first-order valence-electron chi connectivity index (χ1n) is 5.82. The van der Waals surface area contributed by atoms with Crippen LogP contribution in [0.15, 0.2) is 36.5 Å². The van der Waals surface area contributed by atoms with Gasteiger partial charge in [0.1, 0.15) is 0 Å². The van der Waals surface area contributed by atoms with Crippen molar-refractivity contribution in [2.24, 2.45) is 11.1 Å². The fourth-order valence-corrected chi connectivity index (χ4v) is 1.90. The molecule has 0 aliphatic rings. The van der Waals surface area contributed by atoms with Crippen molar-refractivity contribution in [2.45, 2.75) is 13.3 Å². The third-order valence-corrected chi connectivity index (χ3v) is 3.21. The number of fused-ring (bicyclic) bond motifs is 1. The number of hydrogen-bond acceptors (Lipinski definition) is 3. The second-order valence-electron chi connectivity index (χ2n) is 4.78. The van der Waals surface area contributed by atoms with E-state index in [0.29, 0.717) is 6.42 Å². The van der Waals surface area contributed by atoms with Gasteiger partial charge in [0.25, 0.3) is 0 Å². The first kappa shape index (κ1) is 12.5. The lowest BCUT2D eigenvalue weighted by Crippen LogP contribution is -2.37. The third-order valence-electron chi connectivity index (χ3n) is 3.21. The van der Waals surface area contributed by atoms with E-state index in [4.69, 9.17) is 5.73 Å². The topological polar surface area (TPSA) is 76.2 Å². The van der Waals surface area contributed by atoms with E-state index >= 15 is 0 Å². The zero-order chi connectivity index (χ0) is 13.2. The van der Waals surface area contributed by atoms with Crippen molar-refractivity contribution in [1.82, 2.24) is 4.98 Å².